The molecule has 0 unspecified atom stereocenters. The van der Waals surface area contributed by atoms with Crippen molar-refractivity contribution in [2.75, 3.05) is 27.2 Å². The quantitative estimate of drug-likeness (QED) is 0.550. The van der Waals surface area contributed by atoms with Gasteiger partial charge >= 0.3 is 0 Å². The molecule has 0 fully saturated rings. The Hall–Kier alpha value is -2.79. The summed E-state index contributed by atoms with van der Waals surface area (Å²) < 4.78 is 0. The van der Waals surface area contributed by atoms with Gasteiger partial charge in [-0.2, -0.15) is 0 Å². The fourth-order valence-electron chi connectivity index (χ4n) is 3.11. The van der Waals surface area contributed by atoms with Crippen LogP contribution in [0.2, 0.25) is 0 Å². The van der Waals surface area contributed by atoms with Crippen molar-refractivity contribution in [2.45, 2.75) is 0 Å². The lowest BCUT2D eigenvalue weighted by atomic mass is 10.0. The first-order chi connectivity index (χ1) is 11.6. The van der Waals surface area contributed by atoms with Gasteiger partial charge in [0.1, 0.15) is 0 Å². The fourth-order valence-corrected chi connectivity index (χ4v) is 3.11. The van der Waals surface area contributed by atoms with Gasteiger partial charge in [0.05, 0.1) is 22.2 Å². The third kappa shape index (κ3) is 2.17. The summed E-state index contributed by atoms with van der Waals surface area (Å²) in [6, 6.07) is 13.4. The van der Waals surface area contributed by atoms with E-state index in [0.717, 1.165) is 16.3 Å². The molecule has 1 aliphatic rings. The van der Waals surface area contributed by atoms with Crippen LogP contribution in [0.3, 0.4) is 0 Å². The number of carbonyl (C=O) groups is 2. The second-order valence-electron chi connectivity index (χ2n) is 6.31. The number of imide groups is 1. The topological polar surface area (TPSA) is 53.5 Å². The zero-order valence-electron chi connectivity index (χ0n) is 13.6. The minimum atomic E-state index is -0.245. The third-order valence-electron chi connectivity index (χ3n) is 4.39. The van der Waals surface area contributed by atoms with Crippen LogP contribution in [-0.2, 0) is 0 Å². The molecule has 2 heterocycles. The second-order valence-corrected chi connectivity index (χ2v) is 6.31. The van der Waals surface area contributed by atoms with E-state index in [-0.39, 0.29) is 11.8 Å². The van der Waals surface area contributed by atoms with Crippen LogP contribution >= 0.6 is 0 Å². The van der Waals surface area contributed by atoms with Gasteiger partial charge < -0.3 is 4.90 Å². The minimum Gasteiger partial charge on any atom is -0.308 e. The molecule has 0 spiro atoms. The molecule has 0 saturated heterocycles. The first kappa shape index (κ1) is 14.8. The molecule has 1 aliphatic heterocycles. The smallest absolute Gasteiger partial charge is 0.263 e. The lowest BCUT2D eigenvalue weighted by molar-refractivity contribution is 0.0645. The van der Waals surface area contributed by atoms with Gasteiger partial charge in [-0.25, -0.2) is 4.98 Å². The van der Waals surface area contributed by atoms with Gasteiger partial charge in [0, 0.05) is 23.9 Å². The molecular formula is C19H17N3O2. The zero-order chi connectivity index (χ0) is 16.8. The van der Waals surface area contributed by atoms with Crippen LogP contribution in [0.5, 0.6) is 0 Å². The molecule has 4 rings (SSSR count). The van der Waals surface area contributed by atoms with Crippen molar-refractivity contribution in [3.05, 3.63) is 53.6 Å². The van der Waals surface area contributed by atoms with Crippen LogP contribution in [-0.4, -0.2) is 53.8 Å². The number of fused-ring (bicyclic) bond motifs is 4. The van der Waals surface area contributed by atoms with E-state index < -0.39 is 0 Å². The molecule has 5 nitrogen and oxygen atoms in total. The molecule has 0 aliphatic carbocycles. The number of amides is 2. The number of pyridine rings is 1. The molecule has 2 amide bonds. The SMILES string of the molecule is CN(C)CCN1C(=O)c2ccc3cc4ccccc4nc3c2C1=O. The number of carbonyl (C=O) groups excluding carboxylic acids is 2. The van der Waals surface area contributed by atoms with E-state index >= 15 is 0 Å². The van der Waals surface area contributed by atoms with E-state index in [1.807, 2.05) is 55.4 Å². The molecular weight excluding hydrogens is 302 g/mol. The second kappa shape index (κ2) is 5.39. The number of likely N-dealkylation sites (N-methyl/N-ethyl adjacent to an activating group) is 1. The summed E-state index contributed by atoms with van der Waals surface area (Å²) in [4.78, 5) is 33.3. The lowest BCUT2D eigenvalue weighted by Crippen LogP contribution is -2.35. The van der Waals surface area contributed by atoms with Crippen molar-refractivity contribution < 1.29 is 9.59 Å². The van der Waals surface area contributed by atoms with Crippen molar-refractivity contribution in [1.29, 1.82) is 0 Å². The first-order valence-electron chi connectivity index (χ1n) is 7.89. The average Bonchev–Trinajstić information content (AvgIpc) is 2.82. The normalized spacial score (nSPS) is 14.2. The van der Waals surface area contributed by atoms with Crippen LogP contribution in [0.25, 0.3) is 21.8 Å². The predicted octanol–water partition coefficient (Wildman–Crippen LogP) is 2.55. The van der Waals surface area contributed by atoms with Gasteiger partial charge in [-0.05, 0) is 32.3 Å². The van der Waals surface area contributed by atoms with Gasteiger partial charge in [-0.3, -0.25) is 14.5 Å². The Labute approximate surface area is 139 Å². The largest absolute Gasteiger partial charge is 0.308 e. The Morgan fingerprint density at radius 3 is 2.58 bits per heavy atom. The van der Waals surface area contributed by atoms with E-state index in [1.54, 1.807) is 6.07 Å². The van der Waals surface area contributed by atoms with Crippen LogP contribution in [0, 0.1) is 0 Å². The molecule has 2 aromatic carbocycles. The summed E-state index contributed by atoms with van der Waals surface area (Å²) in [5, 5.41) is 1.90. The number of aromatic nitrogens is 1. The maximum Gasteiger partial charge on any atom is 0.263 e. The molecule has 0 bridgehead atoms. The molecule has 5 heteroatoms. The Bertz CT molecular complexity index is 994. The van der Waals surface area contributed by atoms with Crippen molar-refractivity contribution in [3.8, 4) is 0 Å². The van der Waals surface area contributed by atoms with Gasteiger partial charge in [-0.1, -0.05) is 24.3 Å². The van der Waals surface area contributed by atoms with Gasteiger partial charge in [0.15, 0.2) is 0 Å². The van der Waals surface area contributed by atoms with E-state index in [1.165, 1.54) is 4.90 Å². The molecule has 24 heavy (non-hydrogen) atoms. The number of rotatable bonds is 3. The Kier molecular flexibility index (Phi) is 3.32. The summed E-state index contributed by atoms with van der Waals surface area (Å²) >= 11 is 0. The standard InChI is InChI=1S/C19H17N3O2/c1-21(2)9-10-22-18(23)14-8-7-13-11-12-5-3-4-6-15(12)20-17(13)16(14)19(22)24/h3-8,11H,9-10H2,1-2H3. The summed E-state index contributed by atoms with van der Waals surface area (Å²) in [5.41, 5.74) is 2.32. The average molecular weight is 319 g/mol. The van der Waals surface area contributed by atoms with Crippen molar-refractivity contribution in [2.24, 2.45) is 0 Å². The summed E-state index contributed by atoms with van der Waals surface area (Å²) in [7, 11) is 3.84. The molecule has 0 radical (unpaired) electrons. The monoisotopic (exact) mass is 319 g/mol. The third-order valence-corrected chi connectivity index (χ3v) is 4.39. The van der Waals surface area contributed by atoms with Crippen molar-refractivity contribution >= 4 is 33.6 Å². The zero-order valence-corrected chi connectivity index (χ0v) is 13.6. The van der Waals surface area contributed by atoms with E-state index in [4.69, 9.17) is 0 Å². The van der Waals surface area contributed by atoms with Crippen LogP contribution < -0.4 is 0 Å². The van der Waals surface area contributed by atoms with E-state index in [2.05, 4.69) is 4.98 Å². The highest BCUT2D eigenvalue weighted by Gasteiger charge is 2.37. The maximum atomic E-state index is 12.8. The molecule has 3 aromatic rings. The van der Waals surface area contributed by atoms with Crippen molar-refractivity contribution in [1.82, 2.24) is 14.8 Å². The van der Waals surface area contributed by atoms with Crippen LogP contribution in [0.1, 0.15) is 20.7 Å². The highest BCUT2D eigenvalue weighted by molar-refractivity contribution is 6.26. The first-order valence-corrected chi connectivity index (χ1v) is 7.89. The highest BCUT2D eigenvalue weighted by Crippen LogP contribution is 2.30. The lowest BCUT2D eigenvalue weighted by Gasteiger charge is -2.16. The highest BCUT2D eigenvalue weighted by atomic mass is 16.2. The Balaban J connectivity index is 1.88. The molecule has 1 aromatic heterocycles. The number of benzene rings is 2. The fraction of sp³-hybridized carbons (Fsp3) is 0.211. The predicted molar refractivity (Wildman–Crippen MR) is 93.2 cm³/mol. The van der Waals surface area contributed by atoms with E-state index in [0.29, 0.717) is 29.7 Å². The summed E-state index contributed by atoms with van der Waals surface area (Å²) in [6.45, 7) is 1.02. The van der Waals surface area contributed by atoms with Crippen LogP contribution in [0.15, 0.2) is 42.5 Å². The maximum absolute atomic E-state index is 12.8. The van der Waals surface area contributed by atoms with Crippen LogP contribution in [0.4, 0.5) is 0 Å². The summed E-state index contributed by atoms with van der Waals surface area (Å²) in [5.74, 6) is -0.473. The minimum absolute atomic E-state index is 0.228. The van der Waals surface area contributed by atoms with E-state index in [9.17, 15) is 9.59 Å². The van der Waals surface area contributed by atoms with Gasteiger partial charge in [-0.15, -0.1) is 0 Å². The Morgan fingerprint density at radius 2 is 1.79 bits per heavy atom. The molecule has 120 valence electrons. The number of hydrogen-bond acceptors (Lipinski definition) is 4. The van der Waals surface area contributed by atoms with Gasteiger partial charge in [0.2, 0.25) is 0 Å². The number of hydrogen-bond donors (Lipinski definition) is 0. The molecule has 0 N–H and O–H groups in total. The molecule has 0 saturated carbocycles. The number of para-hydroxylation sites is 1. The Morgan fingerprint density at radius 1 is 1.00 bits per heavy atom. The number of nitrogens with zero attached hydrogens (tertiary/aromatic N) is 3. The molecule has 0 atom stereocenters. The van der Waals surface area contributed by atoms with Crippen molar-refractivity contribution in [3.63, 3.8) is 0 Å². The van der Waals surface area contributed by atoms with Gasteiger partial charge in [0.25, 0.3) is 11.8 Å². The summed E-state index contributed by atoms with van der Waals surface area (Å²) in [6.07, 6.45) is 0.